The van der Waals surface area contributed by atoms with Gasteiger partial charge >= 0.3 is 0 Å². The van der Waals surface area contributed by atoms with Crippen molar-refractivity contribution in [2.45, 2.75) is 6.92 Å². The van der Waals surface area contributed by atoms with Crippen LogP contribution in [0.4, 0.5) is 10.1 Å². The fourth-order valence-corrected chi connectivity index (χ4v) is 2.33. The second-order valence-corrected chi connectivity index (χ2v) is 5.24. The average molecular weight is 311 g/mol. The lowest BCUT2D eigenvalue weighted by Gasteiger charge is -2.09. The lowest BCUT2D eigenvalue weighted by atomic mass is 10.1. The first-order chi connectivity index (χ1) is 11.0. The second-order valence-electron chi connectivity index (χ2n) is 5.24. The van der Waals surface area contributed by atoms with Gasteiger partial charge in [-0.05, 0) is 30.7 Å². The summed E-state index contributed by atoms with van der Waals surface area (Å²) < 4.78 is 14.7. The molecule has 6 heteroatoms. The largest absolute Gasteiger partial charge is 0.320 e. The van der Waals surface area contributed by atoms with Gasteiger partial charge < -0.3 is 5.32 Å². The molecule has 0 spiro atoms. The highest BCUT2D eigenvalue weighted by Gasteiger charge is 2.16. The molecule has 3 aromatic rings. The van der Waals surface area contributed by atoms with E-state index in [1.165, 1.54) is 13.1 Å². The van der Waals surface area contributed by atoms with Gasteiger partial charge in [0.1, 0.15) is 5.82 Å². The Balaban J connectivity index is 2.06. The van der Waals surface area contributed by atoms with E-state index in [2.05, 4.69) is 10.4 Å². The fraction of sp³-hybridized carbons (Fsp3) is 0.118. The third-order valence-electron chi connectivity index (χ3n) is 3.60. The van der Waals surface area contributed by atoms with Gasteiger partial charge in [0.15, 0.2) is 5.69 Å². The minimum absolute atomic E-state index is 0.115. The number of carbonyl (C=O) groups is 1. The lowest BCUT2D eigenvalue weighted by Crippen LogP contribution is -2.25. The third kappa shape index (κ3) is 2.70. The van der Waals surface area contributed by atoms with Gasteiger partial charge in [-0.15, -0.1) is 0 Å². The van der Waals surface area contributed by atoms with Crippen LogP contribution in [0.15, 0.2) is 47.3 Å². The molecule has 0 saturated heterocycles. The predicted molar refractivity (Wildman–Crippen MR) is 86.1 cm³/mol. The number of aromatic nitrogens is 2. The molecule has 0 atom stereocenters. The Labute approximate surface area is 131 Å². The quantitative estimate of drug-likeness (QED) is 0.791. The average Bonchev–Trinajstić information content (AvgIpc) is 2.54. The first-order valence-corrected chi connectivity index (χ1v) is 7.01. The van der Waals surface area contributed by atoms with Crippen molar-refractivity contribution in [2.24, 2.45) is 7.05 Å². The molecule has 1 heterocycles. The first kappa shape index (κ1) is 14.9. The van der Waals surface area contributed by atoms with Crippen molar-refractivity contribution in [1.82, 2.24) is 9.78 Å². The van der Waals surface area contributed by atoms with Gasteiger partial charge in [0, 0.05) is 18.1 Å². The Hall–Kier alpha value is -3.02. The van der Waals surface area contributed by atoms with E-state index >= 15 is 0 Å². The van der Waals surface area contributed by atoms with Gasteiger partial charge in [-0.25, -0.2) is 9.07 Å². The number of benzene rings is 2. The zero-order valence-electron chi connectivity index (χ0n) is 12.6. The van der Waals surface area contributed by atoms with Crippen molar-refractivity contribution < 1.29 is 9.18 Å². The van der Waals surface area contributed by atoms with E-state index < -0.39 is 11.7 Å². The summed E-state index contributed by atoms with van der Waals surface area (Å²) in [6.07, 6.45) is 0. The molecule has 116 valence electrons. The first-order valence-electron chi connectivity index (χ1n) is 7.01. The molecule has 3 rings (SSSR count). The van der Waals surface area contributed by atoms with Crippen LogP contribution in [0.5, 0.6) is 0 Å². The monoisotopic (exact) mass is 311 g/mol. The second kappa shape index (κ2) is 5.64. The topological polar surface area (TPSA) is 64.0 Å². The normalized spacial score (nSPS) is 10.7. The molecule has 0 aliphatic rings. The maximum atomic E-state index is 13.6. The van der Waals surface area contributed by atoms with Crippen LogP contribution in [0.25, 0.3) is 10.8 Å². The molecule has 0 fully saturated rings. The Kier molecular flexibility index (Phi) is 3.65. The van der Waals surface area contributed by atoms with E-state index in [-0.39, 0.29) is 11.3 Å². The number of rotatable bonds is 2. The van der Waals surface area contributed by atoms with Crippen LogP contribution in [0.1, 0.15) is 16.1 Å². The molecule has 2 aromatic carbocycles. The summed E-state index contributed by atoms with van der Waals surface area (Å²) in [6.45, 7) is 1.64. The Morgan fingerprint density at radius 3 is 2.57 bits per heavy atom. The van der Waals surface area contributed by atoms with E-state index in [9.17, 15) is 14.0 Å². The van der Waals surface area contributed by atoms with Gasteiger partial charge in [-0.1, -0.05) is 24.3 Å². The number of anilines is 1. The Bertz CT molecular complexity index is 979. The Morgan fingerprint density at radius 1 is 1.17 bits per heavy atom. The fourth-order valence-electron chi connectivity index (χ4n) is 2.33. The summed E-state index contributed by atoms with van der Waals surface area (Å²) in [5, 5.41) is 7.51. The molecule has 0 unspecified atom stereocenters. The SMILES string of the molecule is Cc1ccc(NC(=O)c2nn(C)c(=O)c3ccccc23)cc1F. The molecule has 0 bridgehead atoms. The number of hydrogen-bond acceptors (Lipinski definition) is 3. The van der Waals surface area contributed by atoms with E-state index in [1.807, 2.05) is 0 Å². The number of nitrogens with zero attached hydrogens (tertiary/aromatic N) is 2. The zero-order valence-corrected chi connectivity index (χ0v) is 12.6. The molecule has 1 amide bonds. The predicted octanol–water partition coefficient (Wildman–Crippen LogP) is 2.63. The lowest BCUT2D eigenvalue weighted by molar-refractivity contribution is 0.102. The van der Waals surface area contributed by atoms with Crippen molar-refractivity contribution in [3.05, 3.63) is 69.9 Å². The molecule has 5 nitrogen and oxygen atoms in total. The van der Waals surface area contributed by atoms with Crippen LogP contribution in [0.3, 0.4) is 0 Å². The maximum absolute atomic E-state index is 13.6. The van der Waals surface area contributed by atoms with Crippen LogP contribution in [0, 0.1) is 12.7 Å². The van der Waals surface area contributed by atoms with Gasteiger partial charge in [0.2, 0.25) is 0 Å². The number of halogens is 1. The van der Waals surface area contributed by atoms with Crippen molar-refractivity contribution in [3.8, 4) is 0 Å². The standard InChI is InChI=1S/C17H14FN3O2/c1-10-7-8-11(9-14(10)18)19-16(22)15-12-5-3-4-6-13(12)17(23)21(2)20-15/h3-9H,1-2H3,(H,19,22). The van der Waals surface area contributed by atoms with E-state index in [0.29, 0.717) is 22.0 Å². The van der Waals surface area contributed by atoms with Crippen LogP contribution in [-0.2, 0) is 7.05 Å². The highest BCUT2D eigenvalue weighted by molar-refractivity contribution is 6.11. The summed E-state index contributed by atoms with van der Waals surface area (Å²) in [4.78, 5) is 24.5. The zero-order chi connectivity index (χ0) is 16.6. The van der Waals surface area contributed by atoms with Gasteiger partial charge in [-0.2, -0.15) is 5.10 Å². The number of amides is 1. The van der Waals surface area contributed by atoms with Crippen molar-refractivity contribution in [3.63, 3.8) is 0 Å². The summed E-state index contributed by atoms with van der Waals surface area (Å²) in [7, 11) is 1.48. The number of nitrogens with one attached hydrogen (secondary N) is 1. The van der Waals surface area contributed by atoms with Crippen molar-refractivity contribution in [2.75, 3.05) is 5.32 Å². The highest BCUT2D eigenvalue weighted by atomic mass is 19.1. The molecule has 1 aromatic heterocycles. The smallest absolute Gasteiger partial charge is 0.276 e. The summed E-state index contributed by atoms with van der Waals surface area (Å²) >= 11 is 0. The van der Waals surface area contributed by atoms with Crippen LogP contribution < -0.4 is 10.9 Å². The molecule has 0 aliphatic carbocycles. The molecular formula is C17H14FN3O2. The summed E-state index contributed by atoms with van der Waals surface area (Å²) in [6, 6.07) is 11.2. The van der Waals surface area contributed by atoms with E-state index in [4.69, 9.17) is 0 Å². The molecule has 0 radical (unpaired) electrons. The minimum Gasteiger partial charge on any atom is -0.320 e. The number of hydrogen-bond donors (Lipinski definition) is 1. The molecule has 0 saturated carbocycles. The van der Waals surface area contributed by atoms with Gasteiger partial charge in [0.25, 0.3) is 11.5 Å². The van der Waals surface area contributed by atoms with E-state index in [1.54, 1.807) is 43.3 Å². The van der Waals surface area contributed by atoms with Crippen molar-refractivity contribution in [1.29, 1.82) is 0 Å². The summed E-state index contributed by atoms with van der Waals surface area (Å²) in [5.74, 6) is -0.902. The molecule has 23 heavy (non-hydrogen) atoms. The Morgan fingerprint density at radius 2 is 1.87 bits per heavy atom. The van der Waals surface area contributed by atoms with Crippen LogP contribution in [-0.4, -0.2) is 15.7 Å². The van der Waals surface area contributed by atoms with Crippen LogP contribution in [0.2, 0.25) is 0 Å². The number of fused-ring (bicyclic) bond motifs is 1. The molecular weight excluding hydrogens is 297 g/mol. The number of aryl methyl sites for hydroxylation is 2. The maximum Gasteiger partial charge on any atom is 0.276 e. The van der Waals surface area contributed by atoms with Gasteiger partial charge in [0.05, 0.1) is 5.39 Å². The van der Waals surface area contributed by atoms with Gasteiger partial charge in [-0.3, -0.25) is 9.59 Å². The third-order valence-corrected chi connectivity index (χ3v) is 3.60. The molecule has 1 N–H and O–H groups in total. The highest BCUT2D eigenvalue weighted by Crippen LogP contribution is 2.17. The summed E-state index contributed by atoms with van der Waals surface area (Å²) in [5.41, 5.74) is 0.661. The van der Waals surface area contributed by atoms with Crippen molar-refractivity contribution >= 4 is 22.4 Å². The molecule has 0 aliphatic heterocycles. The number of carbonyl (C=O) groups excluding carboxylic acids is 1. The van der Waals surface area contributed by atoms with Crippen LogP contribution >= 0.6 is 0 Å². The van der Waals surface area contributed by atoms with E-state index in [0.717, 1.165) is 4.68 Å². The minimum atomic E-state index is -0.500.